The molecule has 0 bridgehead atoms. The van der Waals surface area contributed by atoms with Gasteiger partial charge >= 0.3 is 11.8 Å². The molecule has 0 aromatic heterocycles. The maximum absolute atomic E-state index is 11.6. The average molecular weight is 318 g/mol. The smallest absolute Gasteiger partial charge is 0.318 e. The van der Waals surface area contributed by atoms with Gasteiger partial charge in [-0.2, -0.15) is 0 Å². The average Bonchev–Trinajstić information content (AvgIpc) is 2.53. The molecule has 4 nitrogen and oxygen atoms in total. The van der Waals surface area contributed by atoms with Crippen LogP contribution in [-0.4, -0.2) is 11.8 Å². The summed E-state index contributed by atoms with van der Waals surface area (Å²) in [7, 11) is 2.61. The third kappa shape index (κ3) is 5.53. The molecule has 0 atom stereocenters. The van der Waals surface area contributed by atoms with Crippen molar-refractivity contribution in [3.63, 3.8) is 0 Å². The Bertz CT molecular complexity index is 591. The second-order valence-electron chi connectivity index (χ2n) is 4.08. The van der Waals surface area contributed by atoms with E-state index in [1.54, 1.807) is 24.3 Å². The van der Waals surface area contributed by atoms with Gasteiger partial charge in [-0.1, -0.05) is 59.3 Å². The van der Waals surface area contributed by atoms with E-state index in [0.29, 0.717) is 5.69 Å². The van der Waals surface area contributed by atoms with E-state index in [0.717, 1.165) is 22.3 Å². The molecule has 6 heteroatoms. The van der Waals surface area contributed by atoms with Crippen LogP contribution in [0.3, 0.4) is 0 Å². The van der Waals surface area contributed by atoms with E-state index in [9.17, 15) is 9.59 Å². The number of rotatable bonds is 5. The first-order chi connectivity index (χ1) is 10.3. The first-order valence-corrected chi connectivity index (χ1v) is 8.56. The van der Waals surface area contributed by atoms with E-state index in [1.807, 2.05) is 36.4 Å². The predicted octanol–water partition coefficient (Wildman–Crippen LogP) is 3.24. The van der Waals surface area contributed by atoms with Crippen molar-refractivity contribution in [3.05, 3.63) is 66.2 Å². The fraction of sp³-hybridized carbons (Fsp3) is 0.0667. The molecule has 2 aromatic rings. The molecule has 2 N–H and O–H groups in total. The maximum atomic E-state index is 11.6. The number of benzene rings is 2. The van der Waals surface area contributed by atoms with Gasteiger partial charge in [-0.25, -0.2) is 0 Å². The molecule has 21 heavy (non-hydrogen) atoms. The van der Waals surface area contributed by atoms with Crippen molar-refractivity contribution in [2.24, 2.45) is 0 Å². The van der Waals surface area contributed by atoms with Crippen LogP contribution in [0, 0.1) is 0 Å². The van der Waals surface area contributed by atoms with Gasteiger partial charge in [0, 0.05) is 22.4 Å². The monoisotopic (exact) mass is 318 g/mol. The quantitative estimate of drug-likeness (QED) is 0.384. The minimum Gasteiger partial charge on any atom is -0.318 e. The molecule has 0 radical (unpaired) electrons. The molecule has 0 heterocycles. The first kappa shape index (κ1) is 15.5. The number of hydrogen-bond acceptors (Lipinski definition) is 4. The zero-order valence-corrected chi connectivity index (χ0v) is 12.7. The summed E-state index contributed by atoms with van der Waals surface area (Å²) in [5, 5.41) is 2.53. The van der Waals surface area contributed by atoms with E-state index in [4.69, 9.17) is 0 Å². The van der Waals surface area contributed by atoms with Gasteiger partial charge in [0.1, 0.15) is 0 Å². The van der Waals surface area contributed by atoms with Gasteiger partial charge in [-0.15, -0.1) is 0 Å². The van der Waals surface area contributed by atoms with Crippen molar-refractivity contribution in [2.75, 3.05) is 5.32 Å². The van der Waals surface area contributed by atoms with Crippen molar-refractivity contribution in [1.82, 2.24) is 4.72 Å². The largest absolute Gasteiger partial charge is 0.320 e. The highest BCUT2D eigenvalue weighted by atomic mass is 33.1. The molecule has 0 aliphatic carbocycles. The van der Waals surface area contributed by atoms with E-state index < -0.39 is 11.8 Å². The zero-order chi connectivity index (χ0) is 14.9. The van der Waals surface area contributed by atoms with Gasteiger partial charge in [0.05, 0.1) is 0 Å². The fourth-order valence-electron chi connectivity index (χ4n) is 1.49. The van der Waals surface area contributed by atoms with Crippen molar-refractivity contribution < 1.29 is 9.59 Å². The van der Waals surface area contributed by atoms with Crippen LogP contribution in [0.5, 0.6) is 0 Å². The second kappa shape index (κ2) is 8.39. The van der Waals surface area contributed by atoms with E-state index >= 15 is 0 Å². The van der Waals surface area contributed by atoms with Crippen molar-refractivity contribution in [3.8, 4) is 0 Å². The molecule has 108 valence electrons. The summed E-state index contributed by atoms with van der Waals surface area (Å²) >= 11 is 0. The lowest BCUT2D eigenvalue weighted by molar-refractivity contribution is -0.134. The van der Waals surface area contributed by atoms with Crippen molar-refractivity contribution in [2.45, 2.75) is 5.75 Å². The number of carbonyl (C=O) groups excluding carboxylic acids is 2. The molecule has 0 unspecified atom stereocenters. The molecular weight excluding hydrogens is 304 g/mol. The Morgan fingerprint density at radius 1 is 0.857 bits per heavy atom. The van der Waals surface area contributed by atoms with Gasteiger partial charge in [-0.05, 0) is 17.7 Å². The molecular formula is C15H14N2O2S2. The Hall–Kier alpha value is -1.92. The van der Waals surface area contributed by atoms with Gasteiger partial charge in [-0.3, -0.25) is 14.3 Å². The highest BCUT2D eigenvalue weighted by molar-refractivity contribution is 8.75. The third-order valence-electron chi connectivity index (χ3n) is 2.50. The zero-order valence-electron chi connectivity index (χ0n) is 11.1. The lowest BCUT2D eigenvalue weighted by Gasteiger charge is -2.05. The minimum atomic E-state index is -0.672. The van der Waals surface area contributed by atoms with Gasteiger partial charge < -0.3 is 5.32 Å². The Labute approximate surface area is 131 Å². The van der Waals surface area contributed by atoms with E-state index in [1.165, 1.54) is 10.8 Å². The van der Waals surface area contributed by atoms with E-state index in [-0.39, 0.29) is 0 Å². The summed E-state index contributed by atoms with van der Waals surface area (Å²) in [4.78, 5) is 23.2. The Balaban J connectivity index is 1.68. The van der Waals surface area contributed by atoms with Crippen LogP contribution in [-0.2, 0) is 15.3 Å². The summed E-state index contributed by atoms with van der Waals surface area (Å²) in [6.45, 7) is 0. The van der Waals surface area contributed by atoms with Gasteiger partial charge in [0.25, 0.3) is 0 Å². The molecule has 0 aliphatic rings. The molecule has 0 saturated heterocycles. The summed E-state index contributed by atoms with van der Waals surface area (Å²) < 4.78 is 2.50. The number of para-hydroxylation sites is 1. The first-order valence-electron chi connectivity index (χ1n) is 6.24. The lowest BCUT2D eigenvalue weighted by Crippen LogP contribution is -2.31. The molecule has 2 amide bonds. The normalized spacial score (nSPS) is 9.90. The van der Waals surface area contributed by atoms with Crippen LogP contribution in [0.15, 0.2) is 60.7 Å². The van der Waals surface area contributed by atoms with Gasteiger partial charge in [0.15, 0.2) is 0 Å². The van der Waals surface area contributed by atoms with Crippen molar-refractivity contribution in [1.29, 1.82) is 0 Å². The van der Waals surface area contributed by atoms with Crippen LogP contribution in [0.2, 0.25) is 0 Å². The SMILES string of the molecule is O=C(NSSCc1ccccc1)C(=O)Nc1ccccc1. The second-order valence-corrected chi connectivity index (χ2v) is 6.18. The summed E-state index contributed by atoms with van der Waals surface area (Å²) in [5.74, 6) is -0.579. The van der Waals surface area contributed by atoms with E-state index in [2.05, 4.69) is 10.0 Å². The molecule has 0 fully saturated rings. The maximum Gasteiger partial charge on any atom is 0.320 e. The van der Waals surface area contributed by atoms with Crippen LogP contribution in [0.1, 0.15) is 5.56 Å². The minimum absolute atomic E-state index is 0.597. The molecule has 2 rings (SSSR count). The lowest BCUT2D eigenvalue weighted by atomic mass is 10.2. The number of anilines is 1. The Kier molecular flexibility index (Phi) is 6.18. The third-order valence-corrected chi connectivity index (χ3v) is 4.29. The summed E-state index contributed by atoms with van der Waals surface area (Å²) in [6.07, 6.45) is 0. The standard InChI is InChI=1S/C15H14N2O2S2/c18-14(16-13-9-5-2-6-10-13)15(19)17-21-20-11-12-7-3-1-4-8-12/h1-10H,11H2,(H,16,18)(H,17,19). The number of amides is 2. The van der Waals surface area contributed by atoms with Gasteiger partial charge in [0.2, 0.25) is 0 Å². The summed E-state index contributed by atoms with van der Waals surface area (Å²) in [5.41, 5.74) is 1.76. The van der Waals surface area contributed by atoms with Crippen LogP contribution in [0.25, 0.3) is 0 Å². The number of carbonyl (C=O) groups is 2. The number of hydrogen-bond donors (Lipinski definition) is 2. The fourth-order valence-corrected chi connectivity index (χ4v) is 3.10. The highest BCUT2D eigenvalue weighted by Crippen LogP contribution is 2.22. The Morgan fingerprint density at radius 3 is 2.14 bits per heavy atom. The van der Waals surface area contributed by atoms with Crippen LogP contribution in [0.4, 0.5) is 5.69 Å². The van der Waals surface area contributed by atoms with Crippen LogP contribution >= 0.6 is 21.8 Å². The molecule has 0 saturated carbocycles. The Morgan fingerprint density at radius 2 is 1.48 bits per heavy atom. The topological polar surface area (TPSA) is 58.2 Å². The predicted molar refractivity (Wildman–Crippen MR) is 88.5 cm³/mol. The number of nitrogens with one attached hydrogen (secondary N) is 2. The van der Waals surface area contributed by atoms with Crippen molar-refractivity contribution >= 4 is 39.3 Å². The summed E-state index contributed by atoms with van der Waals surface area (Å²) in [6, 6.07) is 18.8. The molecule has 0 spiro atoms. The molecule has 2 aromatic carbocycles. The molecule has 0 aliphatic heterocycles. The van der Waals surface area contributed by atoms with Crippen LogP contribution < -0.4 is 10.0 Å². The highest BCUT2D eigenvalue weighted by Gasteiger charge is 2.13.